The molecule has 1 fully saturated rings. The lowest BCUT2D eigenvalue weighted by Gasteiger charge is -2.35. The number of guanidine groups is 1. The molecule has 0 saturated carbocycles. The number of likely N-dealkylation sites (N-methyl/N-ethyl adjacent to an activating group) is 1. The summed E-state index contributed by atoms with van der Waals surface area (Å²) in [6, 6.07) is 5.74. The lowest BCUT2D eigenvalue weighted by atomic mass is 10.1. The summed E-state index contributed by atoms with van der Waals surface area (Å²) in [4.78, 5) is 9.39. The molecule has 1 aromatic rings. The fourth-order valence-electron chi connectivity index (χ4n) is 3.29. The maximum Gasteiger partial charge on any atom is 0.195 e. The van der Waals surface area contributed by atoms with Gasteiger partial charge in [0.2, 0.25) is 0 Å². The third kappa shape index (κ3) is 6.59. The van der Waals surface area contributed by atoms with Crippen LogP contribution < -0.4 is 20.1 Å². The second-order valence-electron chi connectivity index (χ2n) is 6.99. The molecule has 1 unspecified atom stereocenters. The van der Waals surface area contributed by atoms with Crippen LogP contribution >= 0.6 is 0 Å². The van der Waals surface area contributed by atoms with Gasteiger partial charge in [0.05, 0.1) is 14.2 Å². The van der Waals surface area contributed by atoms with Crippen LogP contribution in [-0.4, -0.2) is 82.8 Å². The maximum atomic E-state index is 5.36. The molecule has 152 valence electrons. The molecule has 2 rings (SSSR count). The van der Waals surface area contributed by atoms with Gasteiger partial charge >= 0.3 is 0 Å². The monoisotopic (exact) mass is 377 g/mol. The van der Waals surface area contributed by atoms with Gasteiger partial charge in [0.25, 0.3) is 0 Å². The second-order valence-corrected chi connectivity index (χ2v) is 6.99. The number of hydrogen-bond acceptors (Lipinski definition) is 5. The van der Waals surface area contributed by atoms with Crippen molar-refractivity contribution in [3.63, 3.8) is 0 Å². The van der Waals surface area contributed by atoms with E-state index >= 15 is 0 Å². The number of piperazine rings is 1. The molecule has 0 aromatic heterocycles. The smallest absolute Gasteiger partial charge is 0.195 e. The van der Waals surface area contributed by atoms with Crippen molar-refractivity contribution in [1.82, 2.24) is 15.1 Å². The van der Waals surface area contributed by atoms with E-state index in [9.17, 15) is 0 Å². The standard InChI is InChI=1S/C20H35N5O2/c1-6-24-9-11-25(12-10-24)15-16(2)14-22-20(21-3)23-17-7-8-18(26-4)19(13-17)27-5/h7-8,13,16H,6,9-12,14-15H2,1-5H3,(H2,21,22,23). The van der Waals surface area contributed by atoms with Crippen molar-refractivity contribution in [2.75, 3.05) is 72.4 Å². The molecule has 7 heteroatoms. The van der Waals surface area contributed by atoms with Gasteiger partial charge in [0.1, 0.15) is 0 Å². The summed E-state index contributed by atoms with van der Waals surface area (Å²) >= 11 is 0. The Balaban J connectivity index is 1.80. The summed E-state index contributed by atoms with van der Waals surface area (Å²) in [5.41, 5.74) is 0.907. The van der Waals surface area contributed by atoms with Crippen molar-refractivity contribution in [1.29, 1.82) is 0 Å². The van der Waals surface area contributed by atoms with Crippen LogP contribution in [-0.2, 0) is 0 Å². The summed E-state index contributed by atoms with van der Waals surface area (Å²) < 4.78 is 10.6. The number of aliphatic imine (C=N–C) groups is 1. The first-order chi connectivity index (χ1) is 13.1. The van der Waals surface area contributed by atoms with Crippen molar-refractivity contribution in [2.24, 2.45) is 10.9 Å². The van der Waals surface area contributed by atoms with E-state index < -0.39 is 0 Å². The molecule has 0 amide bonds. The minimum Gasteiger partial charge on any atom is -0.493 e. The van der Waals surface area contributed by atoms with E-state index in [2.05, 4.69) is 39.3 Å². The molecule has 0 bridgehead atoms. The van der Waals surface area contributed by atoms with Crippen LogP contribution in [0.15, 0.2) is 23.2 Å². The highest BCUT2D eigenvalue weighted by Gasteiger charge is 2.17. The number of ether oxygens (including phenoxy) is 2. The van der Waals surface area contributed by atoms with Crippen LogP contribution in [0.4, 0.5) is 5.69 Å². The average molecular weight is 378 g/mol. The van der Waals surface area contributed by atoms with Gasteiger partial charge in [-0.1, -0.05) is 13.8 Å². The van der Waals surface area contributed by atoms with Crippen LogP contribution in [0.3, 0.4) is 0 Å². The van der Waals surface area contributed by atoms with Gasteiger partial charge in [-0.25, -0.2) is 0 Å². The van der Waals surface area contributed by atoms with Crippen molar-refractivity contribution in [2.45, 2.75) is 13.8 Å². The molecule has 27 heavy (non-hydrogen) atoms. The number of nitrogens with one attached hydrogen (secondary N) is 2. The SMILES string of the molecule is CCN1CCN(CC(C)CNC(=NC)Nc2ccc(OC)c(OC)c2)CC1. The number of rotatable bonds is 8. The van der Waals surface area contributed by atoms with E-state index in [-0.39, 0.29) is 0 Å². The molecule has 0 aliphatic carbocycles. The summed E-state index contributed by atoms with van der Waals surface area (Å²) in [5.74, 6) is 2.70. The van der Waals surface area contributed by atoms with Gasteiger partial charge in [-0.05, 0) is 24.6 Å². The molecule has 7 nitrogen and oxygen atoms in total. The number of methoxy groups -OCH3 is 2. The predicted octanol–water partition coefficient (Wildman–Crippen LogP) is 1.96. The number of nitrogens with zero attached hydrogens (tertiary/aromatic N) is 3. The van der Waals surface area contributed by atoms with Gasteiger partial charge < -0.3 is 29.9 Å². The van der Waals surface area contributed by atoms with Gasteiger partial charge in [0, 0.05) is 58.1 Å². The van der Waals surface area contributed by atoms with Crippen LogP contribution in [0, 0.1) is 5.92 Å². The molecule has 1 atom stereocenters. The van der Waals surface area contributed by atoms with Crippen molar-refractivity contribution >= 4 is 11.6 Å². The van der Waals surface area contributed by atoms with Crippen molar-refractivity contribution in [3.8, 4) is 11.5 Å². The molecule has 1 heterocycles. The Hall–Kier alpha value is -1.99. The van der Waals surface area contributed by atoms with Crippen molar-refractivity contribution in [3.05, 3.63) is 18.2 Å². The maximum absolute atomic E-state index is 5.36. The zero-order valence-electron chi connectivity index (χ0n) is 17.4. The first kappa shape index (κ1) is 21.3. The molecule has 0 spiro atoms. The molecular formula is C20H35N5O2. The van der Waals surface area contributed by atoms with E-state index in [4.69, 9.17) is 9.47 Å². The molecule has 1 aromatic carbocycles. The highest BCUT2D eigenvalue weighted by atomic mass is 16.5. The molecule has 2 N–H and O–H groups in total. The Bertz CT molecular complexity index is 600. The summed E-state index contributed by atoms with van der Waals surface area (Å²) in [7, 11) is 5.05. The van der Waals surface area contributed by atoms with E-state index in [0.29, 0.717) is 17.4 Å². The third-order valence-corrected chi connectivity index (χ3v) is 4.97. The van der Waals surface area contributed by atoms with Gasteiger partial charge in [-0.3, -0.25) is 4.99 Å². The molecular weight excluding hydrogens is 342 g/mol. The highest BCUT2D eigenvalue weighted by Crippen LogP contribution is 2.29. The zero-order valence-corrected chi connectivity index (χ0v) is 17.4. The van der Waals surface area contributed by atoms with E-state index in [1.54, 1.807) is 21.3 Å². The Morgan fingerprint density at radius 2 is 1.78 bits per heavy atom. The first-order valence-electron chi connectivity index (χ1n) is 9.74. The van der Waals surface area contributed by atoms with E-state index in [1.807, 2.05) is 18.2 Å². The molecule has 1 saturated heterocycles. The Morgan fingerprint density at radius 3 is 2.37 bits per heavy atom. The lowest BCUT2D eigenvalue weighted by Crippen LogP contribution is -2.48. The number of benzene rings is 1. The highest BCUT2D eigenvalue weighted by molar-refractivity contribution is 5.93. The zero-order chi connectivity index (χ0) is 19.6. The number of hydrogen-bond donors (Lipinski definition) is 2. The predicted molar refractivity (Wildman–Crippen MR) is 112 cm³/mol. The quantitative estimate of drug-likeness (QED) is 0.534. The topological polar surface area (TPSA) is 61.4 Å². The van der Waals surface area contributed by atoms with E-state index in [1.165, 1.54) is 13.1 Å². The van der Waals surface area contributed by atoms with Gasteiger partial charge in [0.15, 0.2) is 17.5 Å². The summed E-state index contributed by atoms with van der Waals surface area (Å²) in [6.45, 7) is 12.3. The number of anilines is 1. The molecule has 1 aliphatic rings. The average Bonchev–Trinajstić information content (AvgIpc) is 2.71. The van der Waals surface area contributed by atoms with Crippen LogP contribution in [0.5, 0.6) is 11.5 Å². The molecule has 0 radical (unpaired) electrons. The Labute approximate surface area is 163 Å². The van der Waals surface area contributed by atoms with E-state index in [0.717, 1.165) is 44.4 Å². The first-order valence-corrected chi connectivity index (χ1v) is 9.74. The third-order valence-electron chi connectivity index (χ3n) is 4.97. The summed E-state index contributed by atoms with van der Waals surface area (Å²) in [6.07, 6.45) is 0. The van der Waals surface area contributed by atoms with Gasteiger partial charge in [-0.2, -0.15) is 0 Å². The fraction of sp³-hybridized carbons (Fsp3) is 0.650. The van der Waals surface area contributed by atoms with Crippen LogP contribution in [0.25, 0.3) is 0 Å². The normalized spacial score (nSPS) is 17.4. The summed E-state index contributed by atoms with van der Waals surface area (Å²) in [5, 5.41) is 6.73. The molecule has 1 aliphatic heterocycles. The van der Waals surface area contributed by atoms with Crippen molar-refractivity contribution < 1.29 is 9.47 Å². The Kier molecular flexibility index (Phi) is 8.67. The van der Waals surface area contributed by atoms with Gasteiger partial charge in [-0.15, -0.1) is 0 Å². The lowest BCUT2D eigenvalue weighted by molar-refractivity contribution is 0.124. The minimum atomic E-state index is 0.544. The largest absolute Gasteiger partial charge is 0.493 e. The Morgan fingerprint density at radius 1 is 1.11 bits per heavy atom. The second kappa shape index (κ2) is 11.0. The fourth-order valence-corrected chi connectivity index (χ4v) is 3.29. The van der Waals surface area contributed by atoms with Crippen LogP contribution in [0.2, 0.25) is 0 Å². The minimum absolute atomic E-state index is 0.544. The van der Waals surface area contributed by atoms with Crippen LogP contribution in [0.1, 0.15) is 13.8 Å².